The monoisotopic (exact) mass is 1220 g/mol. The normalized spacial score (nSPS) is 49.2. The molecule has 498 valence electrons. The van der Waals surface area contributed by atoms with Gasteiger partial charge in [0.2, 0.25) is 0 Å². The van der Waals surface area contributed by atoms with Gasteiger partial charge in [-0.2, -0.15) is 0 Å². The minimum absolute atomic E-state index is 0. The molecule has 0 heterocycles. The van der Waals surface area contributed by atoms with Gasteiger partial charge in [-0.25, -0.2) is 0 Å². The molecule has 0 aromatic rings. The van der Waals surface area contributed by atoms with E-state index in [-0.39, 0.29) is 86.2 Å². The molecule has 0 aliphatic heterocycles. The number of methoxy groups -OCH3 is 6. The van der Waals surface area contributed by atoms with Crippen LogP contribution in [0, 0.1) is 104 Å². The highest BCUT2D eigenvalue weighted by Crippen LogP contribution is 2.71. The minimum atomic E-state index is -0.833. The lowest BCUT2D eigenvalue weighted by Gasteiger charge is -2.64. The van der Waals surface area contributed by atoms with Gasteiger partial charge in [0, 0.05) is 67.7 Å². The quantitative estimate of drug-likeness (QED) is 0.187. The Labute approximate surface area is 529 Å². The van der Waals surface area contributed by atoms with Crippen molar-refractivity contribution in [2.75, 3.05) is 42.7 Å². The van der Waals surface area contributed by atoms with Crippen molar-refractivity contribution >= 4 is 18.4 Å². The number of nitrogens with two attached hydrogens (primary N) is 3. The van der Waals surface area contributed by atoms with Crippen LogP contribution >= 0.6 is 12.4 Å². The highest BCUT2D eigenvalue weighted by molar-refractivity contribution is 5.85. The van der Waals surface area contributed by atoms with E-state index >= 15 is 0 Å². The average molecular weight is 1220 g/mol. The summed E-state index contributed by atoms with van der Waals surface area (Å²) in [5.41, 5.74) is 25.6. The van der Waals surface area contributed by atoms with Crippen molar-refractivity contribution in [3.05, 3.63) is 36.5 Å². The van der Waals surface area contributed by atoms with Crippen LogP contribution in [0.1, 0.15) is 220 Å². The van der Waals surface area contributed by atoms with Crippen molar-refractivity contribution in [3.8, 4) is 0 Å². The Hall–Kier alpha value is -1.38. The zero-order chi connectivity index (χ0) is 57.5. The molecule has 12 fully saturated rings. The third-order valence-corrected chi connectivity index (χ3v) is 27.7. The number of aliphatic carboxylic acids is 1. The third-order valence-electron chi connectivity index (χ3n) is 27.7. The largest absolute Gasteiger partial charge is 0.481 e. The molecule has 12 aliphatic carbocycles. The molecule has 0 saturated heterocycles. The Morgan fingerprint density at radius 3 is 0.800 bits per heavy atom. The van der Waals surface area contributed by atoms with Crippen LogP contribution in [0.3, 0.4) is 0 Å². The summed E-state index contributed by atoms with van der Waals surface area (Å²) >= 11 is 0. The first-order valence-electron chi connectivity index (χ1n) is 32.0. The summed E-state index contributed by atoms with van der Waals surface area (Å²) in [6.07, 6.45) is 27.0. The molecule has 0 spiro atoms. The molecule has 0 bridgehead atoms. The van der Waals surface area contributed by atoms with E-state index in [0.29, 0.717) is 104 Å². The number of hydrogen-bond donors (Lipinski definition) is 4. The Morgan fingerprint density at radius 1 is 0.388 bits per heavy atom. The van der Waals surface area contributed by atoms with Gasteiger partial charge >= 0.3 is 0 Å². The summed E-state index contributed by atoms with van der Waals surface area (Å²) in [7, 11) is 11.3. The Bertz CT molecular complexity index is 1980. The molecular weight excluding hydrogens is 1080 g/mol. The minimum Gasteiger partial charge on any atom is -0.481 e. The molecule has 85 heavy (non-hydrogen) atoms. The van der Waals surface area contributed by atoms with E-state index in [4.69, 9.17) is 55.5 Å². The van der Waals surface area contributed by atoms with Gasteiger partial charge in [-0.1, -0.05) is 115 Å². The molecule has 7 N–H and O–H groups in total. The number of ether oxygens (including phenoxy) is 6. The van der Waals surface area contributed by atoms with Crippen LogP contribution in [0.4, 0.5) is 0 Å². The predicted molar refractivity (Wildman–Crippen MR) is 358 cm³/mol. The summed E-state index contributed by atoms with van der Waals surface area (Å²) in [5.74, 6) is 6.89. The maximum atomic E-state index is 9.00. The second kappa shape index (κ2) is 29.5. The summed E-state index contributed by atoms with van der Waals surface area (Å²) in [6.45, 7) is 29.5. The molecule has 27 atom stereocenters. The summed E-state index contributed by atoms with van der Waals surface area (Å²) in [6, 6.07) is 0.972. The van der Waals surface area contributed by atoms with Crippen LogP contribution in [-0.2, 0) is 33.2 Å². The van der Waals surface area contributed by atoms with Crippen molar-refractivity contribution in [3.63, 3.8) is 0 Å². The van der Waals surface area contributed by atoms with Gasteiger partial charge in [-0.05, 0) is 238 Å². The molecule has 12 aliphatic rings. The fourth-order valence-corrected chi connectivity index (χ4v) is 23.2. The molecule has 11 nitrogen and oxygen atoms in total. The first-order chi connectivity index (χ1) is 37.3. The maximum absolute atomic E-state index is 9.00. The number of fused-ring (bicyclic) bond motifs is 15. The first-order valence-corrected chi connectivity index (χ1v) is 32.0. The second-order valence-electron chi connectivity index (χ2n) is 30.3. The molecule has 0 radical (unpaired) electrons. The van der Waals surface area contributed by atoms with Crippen molar-refractivity contribution in [1.29, 1.82) is 0 Å². The molecule has 12 unspecified atom stereocenters. The molecular formula is C73H136ClN3O8. The first kappa shape index (κ1) is 77.9. The average Bonchev–Trinajstić information content (AvgIpc) is 1.74. The zero-order valence-corrected chi connectivity index (χ0v) is 53.4. The standard InChI is InChI=1S/3C22H37NO2.C2H4O2.5CH4.ClH/c3*1-13-6-7-15-18-16(9-11-21(13,15)2)22(3)10-8-14(23)12-17(22)19(24-4)20(18)25-5;1-2(3)4;;;;;;/h3*14-20H,1,6-12,23H2,2-5H3;1H3,(H,3,4);5*1H4;1H/t3*14-,15?,16?,17?,18?,19-,20-,21-,22-;;;;;;;/m111......./s1. The van der Waals surface area contributed by atoms with Crippen LogP contribution in [0.5, 0.6) is 0 Å². The van der Waals surface area contributed by atoms with Gasteiger partial charge < -0.3 is 50.7 Å². The number of carboxylic acid groups (broad SMARTS) is 1. The van der Waals surface area contributed by atoms with E-state index in [1.165, 1.54) is 132 Å². The van der Waals surface area contributed by atoms with E-state index in [9.17, 15) is 0 Å². The summed E-state index contributed by atoms with van der Waals surface area (Å²) < 4.78 is 37.0. The number of rotatable bonds is 6. The van der Waals surface area contributed by atoms with E-state index < -0.39 is 5.97 Å². The third kappa shape index (κ3) is 12.7. The number of hydrogen-bond acceptors (Lipinski definition) is 10. The molecule has 0 aromatic heterocycles. The highest BCUT2D eigenvalue weighted by Gasteiger charge is 2.68. The van der Waals surface area contributed by atoms with Crippen molar-refractivity contribution in [2.45, 2.75) is 275 Å². The van der Waals surface area contributed by atoms with Gasteiger partial charge in [0.05, 0.1) is 36.6 Å². The van der Waals surface area contributed by atoms with Crippen LogP contribution in [0.2, 0.25) is 0 Å². The SMILES string of the molecule is C.C.C.C.C.C=C1CCC2C3C(CC[C@]12C)[C@@]1(C)CC[C@@H](N)CC1[C@@H](OC)[C@@H]3OC.C=C1CCC2C3C(CC[C@]12C)[C@@]1(C)CC[C@@H](N)CC1[C@@H](OC)[C@@H]3OC.C=C1CCC2C3C(CC[C@]12C)[C@@]1(C)CC[C@@H](N)CC1[C@@H](OC)[C@@H]3OC.CC(=O)O.Cl. The van der Waals surface area contributed by atoms with Crippen molar-refractivity contribution < 1.29 is 38.3 Å². The maximum Gasteiger partial charge on any atom is 0.300 e. The molecule has 0 amide bonds. The fourth-order valence-electron chi connectivity index (χ4n) is 23.2. The Kier molecular flexibility index (Phi) is 27.0. The highest BCUT2D eigenvalue weighted by atomic mass is 35.5. The van der Waals surface area contributed by atoms with E-state index in [2.05, 4.69) is 61.3 Å². The van der Waals surface area contributed by atoms with Gasteiger partial charge in [0.15, 0.2) is 0 Å². The zero-order valence-electron chi connectivity index (χ0n) is 52.5. The van der Waals surface area contributed by atoms with Crippen LogP contribution < -0.4 is 17.2 Å². The lowest BCUT2D eigenvalue weighted by Crippen LogP contribution is -2.65. The topological polar surface area (TPSA) is 171 Å². The van der Waals surface area contributed by atoms with Crippen LogP contribution in [-0.4, -0.2) is 108 Å². The summed E-state index contributed by atoms with van der Waals surface area (Å²) in [5, 5.41) is 7.42. The molecule has 12 rings (SSSR count). The predicted octanol–water partition coefficient (Wildman–Crippen LogP) is 16.2. The van der Waals surface area contributed by atoms with E-state index in [1.54, 1.807) is 0 Å². The Balaban J connectivity index is 0.000000313. The summed E-state index contributed by atoms with van der Waals surface area (Å²) in [4.78, 5) is 9.00. The van der Waals surface area contributed by atoms with E-state index in [1.807, 2.05) is 42.7 Å². The van der Waals surface area contributed by atoms with Crippen LogP contribution in [0.25, 0.3) is 0 Å². The van der Waals surface area contributed by atoms with Gasteiger partial charge in [-0.15, -0.1) is 12.4 Å². The Morgan fingerprint density at radius 2 is 0.600 bits per heavy atom. The lowest BCUT2D eigenvalue weighted by molar-refractivity contribution is -0.225. The lowest BCUT2D eigenvalue weighted by atomic mass is 9.43. The second-order valence-corrected chi connectivity index (χ2v) is 30.3. The van der Waals surface area contributed by atoms with Gasteiger partial charge in [-0.3, -0.25) is 4.79 Å². The number of halogens is 1. The molecule has 12 saturated carbocycles. The fraction of sp³-hybridized carbons (Fsp3) is 0.904. The number of carbonyl (C=O) groups is 1. The number of allylic oxidation sites excluding steroid dienone is 3. The van der Waals surface area contributed by atoms with E-state index in [0.717, 1.165) is 43.9 Å². The molecule has 0 aromatic carbocycles. The van der Waals surface area contributed by atoms with Gasteiger partial charge in [0.25, 0.3) is 5.97 Å². The smallest absolute Gasteiger partial charge is 0.300 e. The molecule has 12 heteroatoms. The van der Waals surface area contributed by atoms with Crippen molar-refractivity contribution in [2.24, 2.45) is 121 Å². The van der Waals surface area contributed by atoms with Gasteiger partial charge in [0.1, 0.15) is 0 Å². The number of carboxylic acids is 1. The van der Waals surface area contributed by atoms with Crippen LogP contribution in [0.15, 0.2) is 36.5 Å². The van der Waals surface area contributed by atoms with Crippen molar-refractivity contribution in [1.82, 2.24) is 0 Å².